The van der Waals surface area contributed by atoms with Crippen molar-refractivity contribution in [3.63, 3.8) is 0 Å². The van der Waals surface area contributed by atoms with Crippen molar-refractivity contribution < 1.29 is 9.68 Å². The summed E-state index contributed by atoms with van der Waals surface area (Å²) in [6, 6.07) is 2.03. The van der Waals surface area contributed by atoms with Crippen molar-refractivity contribution in [1.82, 2.24) is 14.3 Å². The van der Waals surface area contributed by atoms with Crippen LogP contribution in [-0.4, -0.2) is 45.8 Å². The molecule has 0 radical (unpaired) electrons. The van der Waals surface area contributed by atoms with Gasteiger partial charge in [0.05, 0.1) is 6.20 Å². The molecule has 0 aliphatic carbocycles. The molecule has 0 unspecified atom stereocenters. The number of pyridine rings is 1. The Morgan fingerprint density at radius 2 is 2.27 bits per heavy atom. The van der Waals surface area contributed by atoms with Gasteiger partial charge in [-0.05, 0) is 42.6 Å². The fourth-order valence-electron chi connectivity index (χ4n) is 3.47. The number of fused-ring (bicyclic) bond motifs is 3. The Kier molecular flexibility index (Phi) is 3.64. The van der Waals surface area contributed by atoms with Crippen molar-refractivity contribution in [2.75, 3.05) is 19.3 Å². The van der Waals surface area contributed by atoms with E-state index in [0.717, 1.165) is 42.5 Å². The molecule has 0 spiro atoms. The average molecular weight is 315 g/mol. The number of hydrogen-bond acceptors (Lipinski definition) is 5. The third-order valence-corrected chi connectivity index (χ3v) is 5.44. The molecule has 5 nitrogen and oxygen atoms in total. The highest BCUT2D eigenvalue weighted by Crippen LogP contribution is 2.42. The van der Waals surface area contributed by atoms with Crippen molar-refractivity contribution in [3.8, 4) is 5.75 Å². The summed E-state index contributed by atoms with van der Waals surface area (Å²) in [5.74, 6) is 3.01. The molecule has 0 saturated carbocycles. The summed E-state index contributed by atoms with van der Waals surface area (Å²) in [4.78, 5) is 7.52. The fourth-order valence-corrected chi connectivity index (χ4v) is 4.04. The maximum Gasteiger partial charge on any atom is 0.552 e. The van der Waals surface area contributed by atoms with Crippen molar-refractivity contribution >= 4 is 35.7 Å². The lowest BCUT2D eigenvalue weighted by Gasteiger charge is -2.33. The van der Waals surface area contributed by atoms with Crippen LogP contribution in [0.15, 0.2) is 24.4 Å². The number of hydrogen-bond donors (Lipinski definition) is 2. The lowest BCUT2D eigenvalue weighted by molar-refractivity contribution is 0.335. The van der Waals surface area contributed by atoms with Crippen LogP contribution in [0.4, 0.5) is 0 Å². The highest BCUT2D eigenvalue weighted by atomic mass is 32.2. The second-order valence-electron chi connectivity index (χ2n) is 5.75. The first-order valence-electron chi connectivity index (χ1n) is 7.58. The summed E-state index contributed by atoms with van der Waals surface area (Å²) in [7, 11) is -0.876. The first kappa shape index (κ1) is 14.2. The minimum atomic E-state index is -0.876. The van der Waals surface area contributed by atoms with Gasteiger partial charge in [0.15, 0.2) is 0 Å². The van der Waals surface area contributed by atoms with Crippen LogP contribution in [0.2, 0.25) is 0 Å². The zero-order valence-electron chi connectivity index (χ0n) is 12.5. The second kappa shape index (κ2) is 5.64. The maximum atomic E-state index is 10.0. The lowest BCUT2D eigenvalue weighted by Crippen LogP contribution is -2.31. The van der Waals surface area contributed by atoms with Gasteiger partial charge in [-0.15, -0.1) is 0 Å². The third kappa shape index (κ3) is 2.33. The molecule has 2 aromatic heterocycles. The van der Waals surface area contributed by atoms with Crippen LogP contribution in [0.5, 0.6) is 5.75 Å². The van der Waals surface area contributed by atoms with Gasteiger partial charge in [0.25, 0.3) is 0 Å². The van der Waals surface area contributed by atoms with Gasteiger partial charge < -0.3 is 14.7 Å². The van der Waals surface area contributed by atoms with Gasteiger partial charge in [-0.1, -0.05) is 11.9 Å². The van der Waals surface area contributed by atoms with E-state index in [2.05, 4.69) is 20.5 Å². The molecule has 2 aromatic rings. The van der Waals surface area contributed by atoms with E-state index in [4.69, 9.17) is 4.65 Å². The van der Waals surface area contributed by atoms with Crippen LogP contribution < -0.4 is 4.65 Å². The molecule has 0 atom stereocenters. The summed E-state index contributed by atoms with van der Waals surface area (Å²) in [5.41, 5.74) is 3.17. The van der Waals surface area contributed by atoms with Crippen LogP contribution >= 0.6 is 11.9 Å². The van der Waals surface area contributed by atoms with Gasteiger partial charge in [0, 0.05) is 30.2 Å². The average Bonchev–Trinajstić information content (AvgIpc) is 3.02. The van der Waals surface area contributed by atoms with E-state index in [1.807, 2.05) is 30.2 Å². The van der Waals surface area contributed by atoms with Gasteiger partial charge in [-0.25, -0.2) is 4.98 Å². The number of rotatable bonds is 2. The van der Waals surface area contributed by atoms with E-state index < -0.39 is 7.12 Å². The minimum Gasteiger partial charge on any atom is -0.531 e. The molecular weight excluding hydrogens is 297 g/mol. The van der Waals surface area contributed by atoms with Crippen molar-refractivity contribution in [1.29, 1.82) is 0 Å². The smallest absolute Gasteiger partial charge is 0.531 e. The van der Waals surface area contributed by atoms with E-state index >= 15 is 0 Å². The summed E-state index contributed by atoms with van der Waals surface area (Å²) in [6.07, 6.45) is 7.95. The molecule has 0 bridgehead atoms. The Morgan fingerprint density at radius 1 is 1.45 bits per heavy atom. The second-order valence-corrected chi connectivity index (χ2v) is 6.64. The Labute approximate surface area is 134 Å². The molecule has 114 valence electrons. The Bertz CT molecular complexity index is 725. The van der Waals surface area contributed by atoms with E-state index in [1.54, 1.807) is 6.20 Å². The van der Waals surface area contributed by atoms with E-state index in [-0.39, 0.29) is 0 Å². The summed E-state index contributed by atoms with van der Waals surface area (Å²) in [6.45, 7) is 2.16. The number of allylic oxidation sites excluding steroid dienone is 1. The first-order valence-corrected chi connectivity index (χ1v) is 8.76. The van der Waals surface area contributed by atoms with E-state index in [1.165, 1.54) is 5.57 Å². The van der Waals surface area contributed by atoms with Crippen molar-refractivity contribution in [3.05, 3.63) is 30.0 Å². The van der Waals surface area contributed by atoms with Crippen LogP contribution in [0.3, 0.4) is 0 Å². The van der Waals surface area contributed by atoms with Gasteiger partial charge in [-0.2, -0.15) is 0 Å². The summed E-state index contributed by atoms with van der Waals surface area (Å²) in [5, 5.41) is 11.1. The molecule has 7 heteroatoms. The summed E-state index contributed by atoms with van der Waals surface area (Å²) >= 11 is 1.81. The predicted molar refractivity (Wildman–Crippen MR) is 90.5 cm³/mol. The van der Waals surface area contributed by atoms with Crippen LogP contribution in [0.1, 0.15) is 18.4 Å². The van der Waals surface area contributed by atoms with E-state index in [0.29, 0.717) is 11.7 Å². The fraction of sp³-hybridized carbons (Fsp3) is 0.400. The zero-order chi connectivity index (χ0) is 15.1. The predicted octanol–water partition coefficient (Wildman–Crippen LogP) is 2.35. The standard InChI is InChI=1S/C15H18BN3O2S/c1-22-19-6-3-10(4-7-19)12-8-16(20)21-13-9-18-15-11(14(12)13)2-5-17-15/h2,5,8-10,20H,3-4,6-7H2,1H3,(H,17,18). The number of nitrogens with zero attached hydrogens (tertiary/aromatic N) is 2. The number of piperidine rings is 1. The van der Waals surface area contributed by atoms with Crippen LogP contribution in [0, 0.1) is 5.92 Å². The van der Waals surface area contributed by atoms with Gasteiger partial charge in [0.1, 0.15) is 11.4 Å². The van der Waals surface area contributed by atoms with Gasteiger partial charge >= 0.3 is 7.12 Å². The van der Waals surface area contributed by atoms with Gasteiger partial charge in [0.2, 0.25) is 0 Å². The van der Waals surface area contributed by atoms with Crippen molar-refractivity contribution in [2.45, 2.75) is 12.8 Å². The Balaban J connectivity index is 1.75. The molecule has 22 heavy (non-hydrogen) atoms. The van der Waals surface area contributed by atoms with Crippen molar-refractivity contribution in [2.24, 2.45) is 5.92 Å². The SMILES string of the molecule is CSN1CCC(C2=CB(O)Oc3cnc4[nH]ccc4c32)CC1. The molecule has 2 N–H and O–H groups in total. The first-order chi connectivity index (χ1) is 10.8. The summed E-state index contributed by atoms with van der Waals surface area (Å²) < 4.78 is 7.96. The molecule has 1 saturated heterocycles. The number of aromatic nitrogens is 2. The molecule has 4 heterocycles. The molecule has 1 fully saturated rings. The molecule has 4 rings (SSSR count). The van der Waals surface area contributed by atoms with Crippen LogP contribution in [-0.2, 0) is 0 Å². The monoisotopic (exact) mass is 315 g/mol. The van der Waals surface area contributed by atoms with Crippen LogP contribution in [0.25, 0.3) is 16.6 Å². The molecule has 0 aromatic carbocycles. The quantitative estimate of drug-likeness (QED) is 0.658. The topological polar surface area (TPSA) is 61.4 Å². The zero-order valence-corrected chi connectivity index (χ0v) is 13.3. The highest BCUT2D eigenvalue weighted by molar-refractivity contribution is 7.96. The molecule has 0 amide bonds. The molecule has 2 aliphatic rings. The highest BCUT2D eigenvalue weighted by Gasteiger charge is 2.32. The third-order valence-electron chi connectivity index (χ3n) is 4.56. The Morgan fingerprint density at radius 3 is 3.05 bits per heavy atom. The number of aromatic amines is 1. The number of nitrogens with one attached hydrogen (secondary N) is 1. The maximum absolute atomic E-state index is 10.0. The molecular formula is C15H18BN3O2S. The largest absolute Gasteiger partial charge is 0.552 e. The lowest BCUT2D eigenvalue weighted by atomic mass is 9.74. The normalized spacial score (nSPS) is 19.9. The number of H-pyrrole nitrogens is 1. The Hall–Kier alpha value is -1.44. The van der Waals surface area contributed by atoms with Gasteiger partial charge in [-0.3, -0.25) is 4.31 Å². The van der Waals surface area contributed by atoms with E-state index in [9.17, 15) is 5.02 Å². The minimum absolute atomic E-state index is 0.459. The molecule has 2 aliphatic heterocycles.